The summed E-state index contributed by atoms with van der Waals surface area (Å²) in [5.41, 5.74) is 0.650. The minimum atomic E-state index is -1.02. The van der Waals surface area contributed by atoms with Gasteiger partial charge >= 0.3 is 17.9 Å². The molecule has 0 radical (unpaired) electrons. The first kappa shape index (κ1) is 20.5. The maximum absolute atomic E-state index is 12.2. The SMILES string of the molecule is O=C(OCC(COC(=O)c1ccccc1)On1ccnc1[N+](=O)[O-])c1ccccc1. The van der Waals surface area contributed by atoms with E-state index in [-0.39, 0.29) is 13.2 Å². The molecule has 0 amide bonds. The van der Waals surface area contributed by atoms with Crippen LogP contribution in [0.2, 0.25) is 0 Å². The molecule has 0 saturated heterocycles. The van der Waals surface area contributed by atoms with E-state index in [1.54, 1.807) is 60.7 Å². The van der Waals surface area contributed by atoms with Crippen LogP contribution in [-0.4, -0.2) is 45.9 Å². The third kappa shape index (κ3) is 5.41. The van der Waals surface area contributed by atoms with E-state index in [0.717, 1.165) is 4.73 Å². The summed E-state index contributed by atoms with van der Waals surface area (Å²) < 4.78 is 11.3. The second-order valence-electron chi connectivity index (χ2n) is 5.97. The van der Waals surface area contributed by atoms with Crippen LogP contribution < -0.4 is 4.84 Å². The highest BCUT2D eigenvalue weighted by Gasteiger charge is 2.24. The maximum atomic E-state index is 12.2. The van der Waals surface area contributed by atoms with Crippen molar-refractivity contribution in [1.29, 1.82) is 0 Å². The van der Waals surface area contributed by atoms with E-state index in [0.29, 0.717) is 11.1 Å². The zero-order chi connectivity index (χ0) is 21.3. The summed E-state index contributed by atoms with van der Waals surface area (Å²) >= 11 is 0. The fourth-order valence-electron chi connectivity index (χ4n) is 2.42. The standard InChI is InChI=1S/C20H17N3O7/c24-18(15-7-3-1-4-8-15)28-13-17(30-22-12-11-21-20(22)23(26)27)14-29-19(25)16-9-5-2-6-10-16/h1-12,17H,13-14H2. The number of aromatic nitrogens is 2. The second-order valence-corrected chi connectivity index (χ2v) is 5.97. The predicted octanol–water partition coefficient (Wildman–Crippen LogP) is 2.30. The molecule has 1 heterocycles. The highest BCUT2D eigenvalue weighted by Crippen LogP contribution is 2.09. The first-order chi connectivity index (χ1) is 14.5. The lowest BCUT2D eigenvalue weighted by Gasteiger charge is -2.17. The number of imidazole rings is 1. The van der Waals surface area contributed by atoms with Crippen molar-refractivity contribution in [1.82, 2.24) is 9.71 Å². The number of esters is 2. The second kappa shape index (κ2) is 9.82. The normalized spacial score (nSPS) is 10.4. The Labute approximate surface area is 170 Å². The van der Waals surface area contributed by atoms with Gasteiger partial charge in [-0.1, -0.05) is 46.1 Å². The number of hydrogen-bond acceptors (Lipinski definition) is 8. The van der Waals surface area contributed by atoms with Gasteiger partial charge in [0, 0.05) is 0 Å². The largest absolute Gasteiger partial charge is 0.471 e. The Morgan fingerprint density at radius 2 is 1.43 bits per heavy atom. The zero-order valence-electron chi connectivity index (χ0n) is 15.6. The minimum absolute atomic E-state index is 0.314. The lowest BCUT2D eigenvalue weighted by Crippen LogP contribution is -2.36. The van der Waals surface area contributed by atoms with E-state index in [1.165, 1.54) is 12.4 Å². The van der Waals surface area contributed by atoms with Crippen molar-refractivity contribution in [2.75, 3.05) is 13.2 Å². The summed E-state index contributed by atoms with van der Waals surface area (Å²) in [5, 5.41) is 11.0. The minimum Gasteiger partial charge on any atom is -0.458 e. The Balaban J connectivity index is 1.67. The quantitative estimate of drug-likeness (QED) is 0.299. The van der Waals surface area contributed by atoms with Gasteiger partial charge in [-0.3, -0.25) is 0 Å². The maximum Gasteiger partial charge on any atom is 0.471 e. The Kier molecular flexibility index (Phi) is 6.72. The first-order valence-electron chi connectivity index (χ1n) is 8.84. The molecule has 0 unspecified atom stereocenters. The van der Waals surface area contributed by atoms with Gasteiger partial charge in [0.25, 0.3) is 0 Å². The van der Waals surface area contributed by atoms with Crippen molar-refractivity contribution in [3.05, 3.63) is 94.3 Å². The summed E-state index contributed by atoms with van der Waals surface area (Å²) in [5.74, 6) is -1.79. The highest BCUT2D eigenvalue weighted by atomic mass is 16.7. The summed E-state index contributed by atoms with van der Waals surface area (Å²) in [6.07, 6.45) is 1.39. The molecular formula is C20H17N3O7. The number of carbonyl (C=O) groups is 2. The molecule has 0 aliphatic heterocycles. The van der Waals surface area contributed by atoms with Gasteiger partial charge in [0.2, 0.25) is 6.10 Å². The highest BCUT2D eigenvalue weighted by molar-refractivity contribution is 5.89. The molecule has 0 saturated carbocycles. The predicted molar refractivity (Wildman–Crippen MR) is 103 cm³/mol. The topological polar surface area (TPSA) is 123 Å². The summed E-state index contributed by atoms with van der Waals surface area (Å²) in [7, 11) is 0. The molecule has 1 aromatic heterocycles. The van der Waals surface area contributed by atoms with Crippen LogP contribution in [0.25, 0.3) is 0 Å². The molecule has 3 aromatic rings. The first-order valence-corrected chi connectivity index (χ1v) is 8.84. The van der Waals surface area contributed by atoms with Gasteiger partial charge < -0.3 is 24.4 Å². The van der Waals surface area contributed by atoms with Crippen LogP contribution in [-0.2, 0) is 9.47 Å². The van der Waals surface area contributed by atoms with E-state index in [1.807, 2.05) is 0 Å². The summed E-state index contributed by atoms with van der Waals surface area (Å²) in [6, 6.07) is 16.5. The van der Waals surface area contributed by atoms with Crippen molar-refractivity contribution < 1.29 is 28.8 Å². The van der Waals surface area contributed by atoms with Gasteiger partial charge in [0.15, 0.2) is 0 Å². The summed E-state index contributed by atoms with van der Waals surface area (Å²) in [4.78, 5) is 43.7. The van der Waals surface area contributed by atoms with Crippen LogP contribution in [0.4, 0.5) is 5.95 Å². The summed E-state index contributed by atoms with van der Waals surface area (Å²) in [6.45, 7) is -0.629. The van der Waals surface area contributed by atoms with Crippen LogP contribution in [0.3, 0.4) is 0 Å². The van der Waals surface area contributed by atoms with E-state index >= 15 is 0 Å². The van der Waals surface area contributed by atoms with Gasteiger partial charge in [-0.05, 0) is 29.2 Å². The number of ether oxygens (including phenoxy) is 2. The Bertz CT molecular complexity index is 950. The molecule has 0 atom stereocenters. The Hall–Kier alpha value is -4.21. The monoisotopic (exact) mass is 411 g/mol. The number of hydrogen-bond donors (Lipinski definition) is 0. The molecule has 0 aliphatic rings. The zero-order valence-corrected chi connectivity index (χ0v) is 15.6. The molecule has 0 N–H and O–H groups in total. The van der Waals surface area contributed by atoms with Crippen molar-refractivity contribution in [3.63, 3.8) is 0 Å². The van der Waals surface area contributed by atoms with Crippen LogP contribution in [0.15, 0.2) is 73.1 Å². The molecule has 10 heteroatoms. The number of nitrogens with zero attached hydrogens (tertiary/aromatic N) is 3. The third-order valence-electron chi connectivity index (χ3n) is 3.83. The van der Waals surface area contributed by atoms with Crippen molar-refractivity contribution in [3.8, 4) is 0 Å². The van der Waals surface area contributed by atoms with Gasteiger partial charge in [0.1, 0.15) is 25.6 Å². The number of carbonyl (C=O) groups excluding carboxylic acids is 2. The van der Waals surface area contributed by atoms with Crippen LogP contribution in [0.1, 0.15) is 20.7 Å². The van der Waals surface area contributed by atoms with Gasteiger partial charge in [-0.15, -0.1) is 0 Å². The average Bonchev–Trinajstić information content (AvgIpc) is 3.25. The van der Waals surface area contributed by atoms with Gasteiger partial charge in [-0.25, -0.2) is 9.59 Å². The third-order valence-corrected chi connectivity index (χ3v) is 3.83. The lowest BCUT2D eigenvalue weighted by atomic mass is 10.2. The lowest BCUT2D eigenvalue weighted by molar-refractivity contribution is -0.402. The van der Waals surface area contributed by atoms with Crippen LogP contribution in [0.5, 0.6) is 0 Å². The van der Waals surface area contributed by atoms with E-state index in [4.69, 9.17) is 14.3 Å². The molecule has 0 fully saturated rings. The average molecular weight is 411 g/mol. The van der Waals surface area contributed by atoms with Gasteiger partial charge in [-0.2, -0.15) is 0 Å². The van der Waals surface area contributed by atoms with E-state index in [9.17, 15) is 19.7 Å². The van der Waals surface area contributed by atoms with Crippen LogP contribution in [0, 0.1) is 10.1 Å². The molecule has 0 spiro atoms. The van der Waals surface area contributed by atoms with Crippen molar-refractivity contribution in [2.45, 2.75) is 6.10 Å². The Morgan fingerprint density at radius 1 is 0.933 bits per heavy atom. The van der Waals surface area contributed by atoms with Gasteiger partial charge in [0.05, 0.1) is 11.1 Å². The molecule has 0 bridgehead atoms. The molecule has 3 rings (SSSR count). The molecule has 0 aliphatic carbocycles. The number of benzene rings is 2. The number of rotatable bonds is 9. The number of nitro groups is 1. The van der Waals surface area contributed by atoms with Crippen molar-refractivity contribution in [2.24, 2.45) is 0 Å². The molecular weight excluding hydrogens is 394 g/mol. The molecule has 30 heavy (non-hydrogen) atoms. The molecule has 2 aromatic carbocycles. The molecule has 10 nitrogen and oxygen atoms in total. The fraction of sp³-hybridized carbons (Fsp3) is 0.150. The molecule has 154 valence electrons. The smallest absolute Gasteiger partial charge is 0.458 e. The Morgan fingerprint density at radius 3 is 1.90 bits per heavy atom. The fourth-order valence-corrected chi connectivity index (χ4v) is 2.42. The van der Waals surface area contributed by atoms with E-state index < -0.39 is 28.9 Å². The van der Waals surface area contributed by atoms with Crippen molar-refractivity contribution >= 4 is 17.9 Å². The van der Waals surface area contributed by atoms with E-state index in [2.05, 4.69) is 4.98 Å². The van der Waals surface area contributed by atoms with Crippen LogP contribution >= 0.6 is 0 Å².